The molecule has 1 aliphatic carbocycles. The predicted molar refractivity (Wildman–Crippen MR) is 50.5 cm³/mol. The summed E-state index contributed by atoms with van der Waals surface area (Å²) in [6.45, 7) is 0.207. The molecule has 2 nitrogen and oxygen atoms in total. The third-order valence-corrected chi connectivity index (χ3v) is 2.69. The average molecular weight is 232 g/mol. The van der Waals surface area contributed by atoms with E-state index in [9.17, 15) is 13.2 Å². The van der Waals surface area contributed by atoms with Crippen LogP contribution < -0.4 is 4.74 Å². The first kappa shape index (κ1) is 11.3. The summed E-state index contributed by atoms with van der Waals surface area (Å²) in [4.78, 5) is 0. The van der Waals surface area contributed by atoms with Gasteiger partial charge in [-0.05, 0) is 30.9 Å². The predicted octanol–water partition coefficient (Wildman–Crippen LogP) is 2.25. The molecule has 0 aliphatic heterocycles. The molecule has 0 amide bonds. The largest absolute Gasteiger partial charge is 0.490 e. The van der Waals surface area contributed by atoms with Crippen molar-refractivity contribution in [3.8, 4) is 5.75 Å². The highest BCUT2D eigenvalue weighted by atomic mass is 19.2. The van der Waals surface area contributed by atoms with Crippen molar-refractivity contribution >= 4 is 0 Å². The van der Waals surface area contributed by atoms with Crippen molar-refractivity contribution in [2.24, 2.45) is 5.92 Å². The molecule has 0 radical (unpaired) electrons. The first-order chi connectivity index (χ1) is 7.58. The van der Waals surface area contributed by atoms with E-state index in [1.54, 1.807) is 0 Å². The highest BCUT2D eigenvalue weighted by Crippen LogP contribution is 2.29. The molecule has 1 aromatic carbocycles. The van der Waals surface area contributed by atoms with Crippen LogP contribution in [0.25, 0.3) is 0 Å². The molecule has 5 heteroatoms. The summed E-state index contributed by atoms with van der Waals surface area (Å²) in [5, 5.41) is 9.01. The first-order valence-electron chi connectivity index (χ1n) is 5.02. The van der Waals surface area contributed by atoms with E-state index in [1.165, 1.54) is 0 Å². The van der Waals surface area contributed by atoms with Crippen LogP contribution >= 0.6 is 0 Å². The van der Waals surface area contributed by atoms with Gasteiger partial charge >= 0.3 is 0 Å². The fourth-order valence-corrected chi connectivity index (χ4v) is 1.66. The summed E-state index contributed by atoms with van der Waals surface area (Å²) < 4.78 is 43.5. The molecule has 16 heavy (non-hydrogen) atoms. The van der Waals surface area contributed by atoms with Gasteiger partial charge in [-0.25, -0.2) is 8.78 Å². The Hall–Kier alpha value is -1.23. The lowest BCUT2D eigenvalue weighted by molar-refractivity contribution is 0.0195. The van der Waals surface area contributed by atoms with Gasteiger partial charge < -0.3 is 9.84 Å². The van der Waals surface area contributed by atoms with E-state index in [-0.39, 0.29) is 24.4 Å². The van der Waals surface area contributed by atoms with Crippen LogP contribution in [0.2, 0.25) is 0 Å². The first-order valence-corrected chi connectivity index (χ1v) is 5.02. The van der Waals surface area contributed by atoms with Crippen molar-refractivity contribution in [1.29, 1.82) is 0 Å². The number of hydrogen-bond acceptors (Lipinski definition) is 2. The van der Waals surface area contributed by atoms with E-state index in [0.29, 0.717) is 12.8 Å². The second-order valence-electron chi connectivity index (χ2n) is 3.98. The van der Waals surface area contributed by atoms with Crippen LogP contribution in [0.5, 0.6) is 5.75 Å². The van der Waals surface area contributed by atoms with Crippen LogP contribution in [0.3, 0.4) is 0 Å². The number of aliphatic hydroxyl groups is 1. The Bertz CT molecular complexity index is 389. The zero-order valence-electron chi connectivity index (χ0n) is 8.42. The van der Waals surface area contributed by atoms with Crippen molar-refractivity contribution in [3.05, 3.63) is 29.6 Å². The molecule has 0 heterocycles. The minimum absolute atomic E-state index is 0.155. The third kappa shape index (κ3) is 2.14. The van der Waals surface area contributed by atoms with Gasteiger partial charge in [-0.1, -0.05) is 0 Å². The fourth-order valence-electron chi connectivity index (χ4n) is 1.66. The molecular weight excluding hydrogens is 221 g/mol. The fraction of sp³-hybridized carbons (Fsp3) is 0.455. The van der Waals surface area contributed by atoms with Crippen LogP contribution in [0.1, 0.15) is 12.8 Å². The van der Waals surface area contributed by atoms with Gasteiger partial charge in [0.05, 0.1) is 12.7 Å². The standard InChI is InChI=1S/C11H11F3O2/c12-8-1-2-9(11(14)10(8)13)16-5-6-3-7(15)4-6/h1-2,6-7,15H,3-5H2/t6-,7-. The van der Waals surface area contributed by atoms with Gasteiger partial charge in [0.15, 0.2) is 17.4 Å². The molecule has 0 unspecified atom stereocenters. The average Bonchev–Trinajstić information content (AvgIpc) is 2.22. The number of halogens is 3. The molecule has 0 saturated heterocycles. The van der Waals surface area contributed by atoms with E-state index in [2.05, 4.69) is 0 Å². The molecule has 1 aromatic rings. The van der Waals surface area contributed by atoms with E-state index < -0.39 is 17.5 Å². The molecule has 88 valence electrons. The van der Waals surface area contributed by atoms with Crippen LogP contribution in [-0.4, -0.2) is 17.8 Å². The molecule has 1 saturated carbocycles. The Balaban J connectivity index is 1.97. The zero-order valence-corrected chi connectivity index (χ0v) is 8.42. The SMILES string of the molecule is O[C@H]1C[C@H](COc2ccc(F)c(F)c2F)C1. The van der Waals surface area contributed by atoms with Crippen LogP contribution in [0.4, 0.5) is 13.2 Å². The minimum atomic E-state index is -1.52. The van der Waals surface area contributed by atoms with E-state index in [1.807, 2.05) is 0 Å². The number of aliphatic hydroxyl groups excluding tert-OH is 1. The maximum atomic E-state index is 13.1. The lowest BCUT2D eigenvalue weighted by Crippen LogP contribution is -2.32. The third-order valence-electron chi connectivity index (χ3n) is 2.69. The van der Waals surface area contributed by atoms with Gasteiger partial charge in [0.2, 0.25) is 5.82 Å². The number of rotatable bonds is 3. The van der Waals surface area contributed by atoms with Crippen molar-refractivity contribution in [2.45, 2.75) is 18.9 Å². The Morgan fingerprint density at radius 3 is 2.50 bits per heavy atom. The number of hydrogen-bond donors (Lipinski definition) is 1. The summed E-state index contributed by atoms with van der Waals surface area (Å²) in [5.74, 6) is -4.20. The molecule has 0 spiro atoms. The monoisotopic (exact) mass is 232 g/mol. The van der Waals surface area contributed by atoms with Crippen molar-refractivity contribution in [1.82, 2.24) is 0 Å². The summed E-state index contributed by atoms with van der Waals surface area (Å²) in [6.07, 6.45) is 0.889. The van der Waals surface area contributed by atoms with Gasteiger partial charge in [0, 0.05) is 0 Å². The molecule has 0 aromatic heterocycles. The van der Waals surface area contributed by atoms with Crippen LogP contribution in [-0.2, 0) is 0 Å². The Morgan fingerprint density at radius 1 is 1.19 bits per heavy atom. The quantitative estimate of drug-likeness (QED) is 0.810. The van der Waals surface area contributed by atoms with Crippen molar-refractivity contribution in [3.63, 3.8) is 0 Å². The summed E-state index contributed by atoms with van der Waals surface area (Å²) in [7, 11) is 0. The topological polar surface area (TPSA) is 29.5 Å². The normalized spacial score (nSPS) is 24.0. The summed E-state index contributed by atoms with van der Waals surface area (Å²) >= 11 is 0. The van der Waals surface area contributed by atoms with Gasteiger partial charge in [0.1, 0.15) is 0 Å². The molecule has 1 aliphatic rings. The Morgan fingerprint density at radius 2 is 1.88 bits per heavy atom. The van der Waals surface area contributed by atoms with Gasteiger partial charge in [-0.15, -0.1) is 0 Å². The maximum Gasteiger partial charge on any atom is 0.203 e. The van der Waals surface area contributed by atoms with Crippen LogP contribution in [0.15, 0.2) is 12.1 Å². The van der Waals surface area contributed by atoms with E-state index in [4.69, 9.17) is 9.84 Å². The van der Waals surface area contributed by atoms with E-state index >= 15 is 0 Å². The molecule has 1 N–H and O–H groups in total. The molecular formula is C11H11F3O2. The van der Waals surface area contributed by atoms with Gasteiger partial charge in [-0.2, -0.15) is 4.39 Å². The zero-order chi connectivity index (χ0) is 11.7. The molecule has 2 rings (SSSR count). The lowest BCUT2D eigenvalue weighted by Gasteiger charge is -2.30. The summed E-state index contributed by atoms with van der Waals surface area (Å²) in [5.41, 5.74) is 0. The van der Waals surface area contributed by atoms with Crippen molar-refractivity contribution < 1.29 is 23.0 Å². The smallest absolute Gasteiger partial charge is 0.203 e. The highest BCUT2D eigenvalue weighted by molar-refractivity contribution is 5.26. The van der Waals surface area contributed by atoms with Gasteiger partial charge in [0.25, 0.3) is 0 Å². The number of benzene rings is 1. The second-order valence-corrected chi connectivity index (χ2v) is 3.98. The second kappa shape index (κ2) is 4.33. The Kier molecular flexibility index (Phi) is 3.05. The number of ether oxygens (including phenoxy) is 1. The highest BCUT2D eigenvalue weighted by Gasteiger charge is 2.28. The minimum Gasteiger partial charge on any atom is -0.490 e. The van der Waals surface area contributed by atoms with Gasteiger partial charge in [-0.3, -0.25) is 0 Å². The molecule has 1 fully saturated rings. The van der Waals surface area contributed by atoms with Crippen LogP contribution in [0, 0.1) is 23.4 Å². The van der Waals surface area contributed by atoms with Crippen molar-refractivity contribution in [2.75, 3.05) is 6.61 Å². The maximum absolute atomic E-state index is 13.1. The molecule has 0 bridgehead atoms. The van der Waals surface area contributed by atoms with E-state index in [0.717, 1.165) is 12.1 Å². The summed E-state index contributed by atoms with van der Waals surface area (Å²) in [6, 6.07) is 1.88. The Labute approximate surface area is 90.7 Å². The molecule has 0 atom stereocenters. The lowest BCUT2D eigenvalue weighted by atomic mass is 9.83.